The third-order valence-electron chi connectivity index (χ3n) is 9.89. The lowest BCUT2D eigenvalue weighted by atomic mass is 9.94. The summed E-state index contributed by atoms with van der Waals surface area (Å²) in [6, 6.07) is 50.1. The number of aromatic nitrogens is 2. The molecule has 0 atom stereocenters. The van der Waals surface area contributed by atoms with Crippen LogP contribution in [0, 0.1) is 34.0 Å². The van der Waals surface area contributed by atoms with Gasteiger partial charge in [-0.15, -0.1) is 0 Å². The summed E-state index contributed by atoms with van der Waals surface area (Å²) in [5.74, 6) is 0. The van der Waals surface area contributed by atoms with E-state index in [1.807, 2.05) is 42.5 Å². The molecule has 2 aromatic heterocycles. The van der Waals surface area contributed by atoms with Crippen LogP contribution in [0.1, 0.15) is 34.4 Å². The van der Waals surface area contributed by atoms with Crippen LogP contribution in [0.4, 0.5) is 0 Å². The Balaban J connectivity index is 1.23. The van der Waals surface area contributed by atoms with Gasteiger partial charge >= 0.3 is 0 Å². The van der Waals surface area contributed by atoms with Crippen LogP contribution in [0.5, 0.6) is 0 Å². The van der Waals surface area contributed by atoms with Crippen molar-refractivity contribution in [2.75, 3.05) is 0 Å². The zero-order valence-corrected chi connectivity index (χ0v) is 26.9. The number of para-hydroxylation sites is 2. The minimum atomic E-state index is 0.352. The summed E-state index contributed by atoms with van der Waals surface area (Å²) >= 11 is 0. The highest BCUT2D eigenvalue weighted by Crippen LogP contribution is 2.40. The summed E-state index contributed by atoms with van der Waals surface area (Å²) in [7, 11) is 0. The molecule has 0 fully saturated rings. The molecule has 8 aromatic rings. The van der Waals surface area contributed by atoms with Crippen molar-refractivity contribution in [2.24, 2.45) is 0 Å². The standard InChI is InChI=1S/C45H27N5/c46-26-29-19-20-44-40(21-29)38-15-3-4-16-41(38)49(44)35-12-8-10-31(23-35)30-9-7-11-32(22-30)39-24-33(27-47)34(28-48)25-45(39)50-42-17-5-1-13-36(42)37-14-2-6-18-43(37)50/h1,3-13,15-25H,2,14H2. The Morgan fingerprint density at radius 2 is 1.20 bits per heavy atom. The van der Waals surface area contributed by atoms with Gasteiger partial charge in [0.1, 0.15) is 12.1 Å². The molecule has 1 aliphatic carbocycles. The first kappa shape index (κ1) is 29.0. The highest BCUT2D eigenvalue weighted by Gasteiger charge is 2.22. The fraction of sp³-hybridized carbons (Fsp3) is 0.0444. The van der Waals surface area contributed by atoms with Crippen molar-refractivity contribution in [3.63, 3.8) is 0 Å². The summed E-state index contributed by atoms with van der Waals surface area (Å²) in [5.41, 5.74) is 12.8. The maximum Gasteiger partial charge on any atom is 0.101 e. The first-order valence-electron chi connectivity index (χ1n) is 16.6. The molecule has 0 saturated carbocycles. The molecule has 0 radical (unpaired) electrons. The molecule has 5 heteroatoms. The van der Waals surface area contributed by atoms with E-state index in [0.717, 1.165) is 79.5 Å². The van der Waals surface area contributed by atoms with Crippen molar-refractivity contribution in [2.45, 2.75) is 12.8 Å². The number of nitriles is 3. The Bertz CT molecular complexity index is 2860. The van der Waals surface area contributed by atoms with Crippen molar-refractivity contribution < 1.29 is 0 Å². The maximum atomic E-state index is 10.1. The van der Waals surface area contributed by atoms with Crippen LogP contribution < -0.4 is 0 Å². The van der Waals surface area contributed by atoms with Gasteiger partial charge in [0.15, 0.2) is 0 Å². The zero-order valence-electron chi connectivity index (χ0n) is 26.9. The van der Waals surface area contributed by atoms with Crippen LogP contribution in [0.2, 0.25) is 0 Å². The van der Waals surface area contributed by atoms with Crippen LogP contribution >= 0.6 is 0 Å². The zero-order chi connectivity index (χ0) is 33.8. The van der Waals surface area contributed by atoms with Crippen molar-refractivity contribution in [3.8, 4) is 51.8 Å². The number of hydrogen-bond donors (Lipinski definition) is 0. The molecular weight excluding hydrogens is 611 g/mol. The van der Waals surface area contributed by atoms with Gasteiger partial charge in [0.2, 0.25) is 0 Å². The quantitative estimate of drug-likeness (QED) is 0.193. The summed E-state index contributed by atoms with van der Waals surface area (Å²) < 4.78 is 4.51. The molecule has 0 spiro atoms. The van der Waals surface area contributed by atoms with Crippen LogP contribution in [0.3, 0.4) is 0 Å². The van der Waals surface area contributed by atoms with Crippen LogP contribution in [-0.4, -0.2) is 9.13 Å². The molecule has 6 aromatic carbocycles. The maximum absolute atomic E-state index is 10.1. The Morgan fingerprint density at radius 3 is 2.00 bits per heavy atom. The average Bonchev–Trinajstić information content (AvgIpc) is 3.70. The van der Waals surface area contributed by atoms with E-state index in [2.05, 4.69) is 124 Å². The molecule has 0 bridgehead atoms. The lowest BCUT2D eigenvalue weighted by molar-refractivity contribution is 0.968. The van der Waals surface area contributed by atoms with Crippen LogP contribution in [0.25, 0.3) is 72.4 Å². The normalized spacial score (nSPS) is 12.1. The van der Waals surface area contributed by atoms with Gasteiger partial charge in [0.25, 0.3) is 0 Å². The number of hydrogen-bond acceptors (Lipinski definition) is 3. The lowest BCUT2D eigenvalue weighted by Gasteiger charge is -2.18. The summed E-state index contributed by atoms with van der Waals surface area (Å²) in [5, 5.41) is 33.1. The van der Waals surface area contributed by atoms with Gasteiger partial charge in [0.05, 0.1) is 45.0 Å². The predicted octanol–water partition coefficient (Wildman–Crippen LogP) is 10.6. The molecule has 0 aliphatic heterocycles. The van der Waals surface area contributed by atoms with Crippen molar-refractivity contribution in [1.29, 1.82) is 15.8 Å². The SMILES string of the molecule is N#Cc1ccc2c(c1)c1ccccc1n2-c1cccc(-c2cccc(-c3cc(C#N)c(C#N)cc3-n3c4c(c5ccccc53)CCC=C4)c2)c1. The van der Waals surface area contributed by atoms with E-state index in [4.69, 9.17) is 0 Å². The van der Waals surface area contributed by atoms with Gasteiger partial charge in [-0.3, -0.25) is 0 Å². The molecule has 0 amide bonds. The Labute approximate surface area is 289 Å². The smallest absolute Gasteiger partial charge is 0.101 e. The van der Waals surface area contributed by atoms with E-state index in [0.29, 0.717) is 16.7 Å². The second-order valence-corrected chi connectivity index (χ2v) is 12.6. The Hall–Kier alpha value is -7.13. The number of rotatable bonds is 4. The molecule has 232 valence electrons. The molecule has 9 rings (SSSR count). The monoisotopic (exact) mass is 637 g/mol. The largest absolute Gasteiger partial charge is 0.309 e. The fourth-order valence-electron chi connectivity index (χ4n) is 7.65. The summed E-state index contributed by atoms with van der Waals surface area (Å²) in [6.45, 7) is 0. The molecule has 1 aliphatic rings. The van der Waals surface area contributed by atoms with E-state index < -0.39 is 0 Å². The Kier molecular flexibility index (Phi) is 6.70. The predicted molar refractivity (Wildman–Crippen MR) is 200 cm³/mol. The number of benzene rings is 6. The van der Waals surface area contributed by atoms with Gasteiger partial charge in [-0.25, -0.2) is 0 Å². The molecular formula is C45H27N5. The van der Waals surface area contributed by atoms with E-state index in [9.17, 15) is 15.8 Å². The first-order valence-corrected chi connectivity index (χ1v) is 16.6. The van der Waals surface area contributed by atoms with Gasteiger partial charge in [-0.2, -0.15) is 15.8 Å². The molecule has 0 unspecified atom stereocenters. The number of aryl methyl sites for hydroxylation is 1. The second-order valence-electron chi connectivity index (χ2n) is 12.6. The second kappa shape index (κ2) is 11.5. The van der Waals surface area contributed by atoms with Gasteiger partial charge in [-0.05, 0) is 102 Å². The summed E-state index contributed by atoms with van der Waals surface area (Å²) in [4.78, 5) is 0. The van der Waals surface area contributed by atoms with E-state index in [1.54, 1.807) is 0 Å². The van der Waals surface area contributed by atoms with E-state index >= 15 is 0 Å². The lowest BCUT2D eigenvalue weighted by Crippen LogP contribution is -2.04. The Morgan fingerprint density at radius 1 is 0.520 bits per heavy atom. The molecule has 50 heavy (non-hydrogen) atoms. The van der Waals surface area contributed by atoms with Crippen LogP contribution in [-0.2, 0) is 6.42 Å². The van der Waals surface area contributed by atoms with Crippen LogP contribution in [0.15, 0.2) is 133 Å². The van der Waals surface area contributed by atoms with Gasteiger partial charge in [0, 0.05) is 33.1 Å². The fourth-order valence-corrected chi connectivity index (χ4v) is 7.65. The number of fused-ring (bicyclic) bond motifs is 6. The number of allylic oxidation sites excluding steroid dienone is 1. The molecule has 0 saturated heterocycles. The average molecular weight is 638 g/mol. The van der Waals surface area contributed by atoms with Gasteiger partial charge in [-0.1, -0.05) is 72.8 Å². The highest BCUT2D eigenvalue weighted by molar-refractivity contribution is 6.09. The van der Waals surface area contributed by atoms with Crippen molar-refractivity contribution in [1.82, 2.24) is 9.13 Å². The third-order valence-corrected chi connectivity index (χ3v) is 9.89. The van der Waals surface area contributed by atoms with Crippen molar-refractivity contribution >= 4 is 38.8 Å². The van der Waals surface area contributed by atoms with Crippen molar-refractivity contribution in [3.05, 3.63) is 161 Å². The van der Waals surface area contributed by atoms with E-state index in [1.165, 1.54) is 10.9 Å². The summed E-state index contributed by atoms with van der Waals surface area (Å²) in [6.07, 6.45) is 6.33. The van der Waals surface area contributed by atoms with E-state index in [-0.39, 0.29) is 0 Å². The molecule has 5 nitrogen and oxygen atoms in total. The topological polar surface area (TPSA) is 81.2 Å². The van der Waals surface area contributed by atoms with Gasteiger partial charge < -0.3 is 9.13 Å². The first-order chi connectivity index (χ1) is 24.7. The minimum Gasteiger partial charge on any atom is -0.309 e. The third kappa shape index (κ3) is 4.45. The number of nitrogens with zero attached hydrogens (tertiary/aromatic N) is 5. The molecule has 0 N–H and O–H groups in total. The highest BCUT2D eigenvalue weighted by atomic mass is 15.0. The minimum absolute atomic E-state index is 0.352. The molecule has 2 heterocycles.